The molecule has 0 saturated heterocycles. The highest BCUT2D eigenvalue weighted by Gasteiger charge is 2.19. The van der Waals surface area contributed by atoms with E-state index in [-0.39, 0.29) is 0 Å². The summed E-state index contributed by atoms with van der Waals surface area (Å²) < 4.78 is 4.77. The fourth-order valence-corrected chi connectivity index (χ4v) is 5.60. The maximum absolute atomic E-state index is 4.67. The molecule has 0 saturated carbocycles. The number of fused-ring (bicyclic) bond motifs is 2. The first-order valence-corrected chi connectivity index (χ1v) is 11.7. The molecule has 3 heterocycles. The number of hydrogen-bond donors (Lipinski definition) is 0. The predicted molar refractivity (Wildman–Crippen MR) is 149 cm³/mol. The molecule has 164 valence electrons. The summed E-state index contributed by atoms with van der Waals surface area (Å²) in [6.07, 6.45) is 10.5. The predicted octanol–water partition coefficient (Wildman–Crippen LogP) is 6.12. The fourth-order valence-electron chi connectivity index (χ4n) is 5.60. The molecule has 3 aromatic heterocycles. The van der Waals surface area contributed by atoms with Crippen LogP contribution in [0, 0.1) is 0 Å². The van der Waals surface area contributed by atoms with E-state index < -0.39 is 0 Å². The van der Waals surface area contributed by atoms with E-state index in [1.165, 1.54) is 43.5 Å². The Labute approximate surface area is 198 Å². The van der Waals surface area contributed by atoms with Gasteiger partial charge in [-0.3, -0.25) is 0 Å². The molecular weight excluding hydrogens is 412 g/mol. The third-order valence-electron chi connectivity index (χ3n) is 6.84. The largest absolute Gasteiger partial charge is 0.309 e. The molecule has 0 bridgehead atoms. The van der Waals surface area contributed by atoms with Crippen molar-refractivity contribution < 1.29 is 0 Å². The van der Waals surface area contributed by atoms with Gasteiger partial charge in [-0.05, 0) is 54.8 Å². The summed E-state index contributed by atoms with van der Waals surface area (Å²) in [7, 11) is 0. The van der Waals surface area contributed by atoms with Crippen LogP contribution in [0.2, 0.25) is 0 Å². The Bertz CT molecular complexity index is 1940. The Balaban J connectivity index is 2.05. The summed E-state index contributed by atoms with van der Waals surface area (Å²) in [4.78, 5) is 0. The Morgan fingerprint density at radius 1 is 0.794 bits per heavy atom. The third kappa shape index (κ3) is 2.57. The van der Waals surface area contributed by atoms with Crippen molar-refractivity contribution in [2.24, 2.45) is 0 Å². The second-order valence-electron chi connectivity index (χ2n) is 8.61. The summed E-state index contributed by atoms with van der Waals surface area (Å²) in [6, 6.07) is 23.8. The van der Waals surface area contributed by atoms with E-state index in [4.69, 9.17) is 0 Å². The number of allylic oxidation sites excluding steroid dienone is 2. The van der Waals surface area contributed by atoms with Crippen LogP contribution in [0.5, 0.6) is 0 Å². The van der Waals surface area contributed by atoms with Gasteiger partial charge in [0, 0.05) is 32.6 Å². The Hall–Kier alpha value is -4.30. The van der Waals surface area contributed by atoms with E-state index in [1.807, 2.05) is 6.08 Å². The first kappa shape index (κ1) is 20.3. The van der Waals surface area contributed by atoms with Crippen LogP contribution < -0.4 is 15.8 Å². The van der Waals surface area contributed by atoms with Crippen molar-refractivity contribution >= 4 is 63.0 Å². The summed E-state index contributed by atoms with van der Waals surface area (Å²) in [5.74, 6) is 0. The van der Waals surface area contributed by atoms with Crippen LogP contribution in [0.25, 0.3) is 68.7 Å². The van der Waals surface area contributed by atoms with Gasteiger partial charge in [-0.2, -0.15) is 0 Å². The molecule has 2 heteroatoms. The van der Waals surface area contributed by atoms with Gasteiger partial charge in [-0.1, -0.05) is 79.9 Å². The number of para-hydroxylation sites is 1. The maximum Gasteiger partial charge on any atom is 0.0613 e. The van der Waals surface area contributed by atoms with Gasteiger partial charge in [0.15, 0.2) is 0 Å². The van der Waals surface area contributed by atoms with E-state index in [0.29, 0.717) is 0 Å². The number of benzene rings is 3. The van der Waals surface area contributed by atoms with E-state index in [0.717, 1.165) is 21.8 Å². The minimum absolute atomic E-state index is 1.04. The van der Waals surface area contributed by atoms with Gasteiger partial charge in [0.05, 0.1) is 22.1 Å². The van der Waals surface area contributed by atoms with Crippen LogP contribution in [0.15, 0.2) is 85.5 Å². The van der Waals surface area contributed by atoms with Crippen LogP contribution in [-0.4, -0.2) is 8.97 Å². The van der Waals surface area contributed by atoms with Crippen LogP contribution in [0.3, 0.4) is 0 Å². The summed E-state index contributed by atoms with van der Waals surface area (Å²) >= 11 is 0. The monoisotopic (exact) mass is 438 g/mol. The molecule has 34 heavy (non-hydrogen) atoms. The normalized spacial score (nSPS) is 13.5. The van der Waals surface area contributed by atoms with Crippen molar-refractivity contribution in [2.45, 2.75) is 13.8 Å². The molecule has 6 rings (SSSR count). The Morgan fingerprint density at radius 2 is 1.50 bits per heavy atom. The molecular formula is C32H26N2. The van der Waals surface area contributed by atoms with E-state index in [1.54, 1.807) is 0 Å². The number of hydrogen-bond acceptors (Lipinski definition) is 0. The minimum atomic E-state index is 1.04. The lowest BCUT2D eigenvalue weighted by molar-refractivity contribution is 1.17. The standard InChI is InChI=1S/C32H26N2/c1-5-13-24-25(14-6-2)32-21(4)23-17-11-18-27-30(23)31-28(33(27)22-15-9-8-10-16-22)19-12-20-29(31)34(32)26(24)7-3/h5-20H,1,4H2,2-3H3/b14-6-,24-13-,26-7+. The lowest BCUT2D eigenvalue weighted by Crippen LogP contribution is -2.26. The van der Waals surface area contributed by atoms with E-state index in [9.17, 15) is 0 Å². The zero-order valence-corrected chi connectivity index (χ0v) is 19.5. The van der Waals surface area contributed by atoms with Crippen molar-refractivity contribution in [2.75, 3.05) is 0 Å². The molecule has 0 N–H and O–H groups in total. The van der Waals surface area contributed by atoms with Crippen LogP contribution in [0.4, 0.5) is 0 Å². The molecule has 3 aromatic carbocycles. The van der Waals surface area contributed by atoms with Crippen molar-refractivity contribution in [3.63, 3.8) is 0 Å². The van der Waals surface area contributed by atoms with Crippen molar-refractivity contribution in [3.8, 4) is 5.69 Å². The molecule has 6 aromatic rings. The average molecular weight is 439 g/mol. The van der Waals surface area contributed by atoms with Gasteiger partial charge >= 0.3 is 0 Å². The smallest absolute Gasteiger partial charge is 0.0613 e. The molecule has 2 nitrogen and oxygen atoms in total. The van der Waals surface area contributed by atoms with Crippen LogP contribution >= 0.6 is 0 Å². The Morgan fingerprint density at radius 3 is 2.21 bits per heavy atom. The first-order valence-electron chi connectivity index (χ1n) is 11.7. The van der Waals surface area contributed by atoms with Gasteiger partial charge in [0.1, 0.15) is 0 Å². The number of nitrogens with zero attached hydrogens (tertiary/aromatic N) is 2. The quantitative estimate of drug-likeness (QED) is 0.315. The van der Waals surface area contributed by atoms with Gasteiger partial charge in [-0.15, -0.1) is 0 Å². The zero-order chi connectivity index (χ0) is 23.4. The SMILES string of the molecule is C=C/C=c1/c(/C=C\C)c2c(=C)c3cccc4c3c3c(cccc3n2/c1=C/C)n4-c1ccccc1. The summed E-state index contributed by atoms with van der Waals surface area (Å²) in [5.41, 5.74) is 7.06. The summed E-state index contributed by atoms with van der Waals surface area (Å²) in [6.45, 7) is 12.8. The molecule has 0 unspecified atom stereocenters. The topological polar surface area (TPSA) is 9.34 Å². The molecule has 0 amide bonds. The molecule has 0 aliphatic rings. The van der Waals surface area contributed by atoms with Gasteiger partial charge < -0.3 is 8.97 Å². The van der Waals surface area contributed by atoms with Gasteiger partial charge in [0.2, 0.25) is 0 Å². The van der Waals surface area contributed by atoms with Gasteiger partial charge in [0.25, 0.3) is 0 Å². The zero-order valence-electron chi connectivity index (χ0n) is 19.5. The molecule has 0 spiro atoms. The van der Waals surface area contributed by atoms with E-state index >= 15 is 0 Å². The lowest BCUT2D eigenvalue weighted by atomic mass is 10.1. The van der Waals surface area contributed by atoms with Crippen molar-refractivity contribution in [1.82, 2.24) is 8.97 Å². The highest BCUT2D eigenvalue weighted by Crippen LogP contribution is 2.37. The van der Waals surface area contributed by atoms with Crippen molar-refractivity contribution in [3.05, 3.63) is 107 Å². The maximum atomic E-state index is 4.67. The minimum Gasteiger partial charge on any atom is -0.309 e. The number of rotatable bonds is 3. The number of aromatic nitrogens is 2. The second-order valence-corrected chi connectivity index (χ2v) is 8.61. The molecule has 0 radical (unpaired) electrons. The Kier molecular flexibility index (Phi) is 4.56. The molecule has 0 atom stereocenters. The fraction of sp³-hybridized carbons (Fsp3) is 0.0625. The van der Waals surface area contributed by atoms with Crippen molar-refractivity contribution in [1.29, 1.82) is 0 Å². The lowest BCUT2D eigenvalue weighted by Gasteiger charge is -2.08. The van der Waals surface area contributed by atoms with Gasteiger partial charge in [-0.25, -0.2) is 0 Å². The third-order valence-corrected chi connectivity index (χ3v) is 6.84. The summed E-state index contributed by atoms with van der Waals surface area (Å²) in [5, 5.41) is 7.06. The second kappa shape index (κ2) is 7.64. The van der Waals surface area contributed by atoms with E-state index in [2.05, 4.69) is 127 Å². The van der Waals surface area contributed by atoms with Crippen LogP contribution in [-0.2, 0) is 0 Å². The average Bonchev–Trinajstić information content (AvgIpc) is 3.33. The first-order chi connectivity index (χ1) is 16.7. The highest BCUT2D eigenvalue weighted by molar-refractivity contribution is 6.23. The molecule has 0 fully saturated rings. The molecule has 0 aliphatic heterocycles. The highest BCUT2D eigenvalue weighted by atomic mass is 15.0. The van der Waals surface area contributed by atoms with Crippen LogP contribution in [0.1, 0.15) is 19.4 Å². The molecule has 0 aliphatic carbocycles.